The number of hydrogen-bond acceptors (Lipinski definition) is 4. The Kier molecular flexibility index (Phi) is 5.71. The summed E-state index contributed by atoms with van der Waals surface area (Å²) in [6.45, 7) is 0.464. The maximum Gasteiger partial charge on any atom is 0.305 e. The van der Waals surface area contributed by atoms with Gasteiger partial charge in [0.2, 0.25) is 5.91 Å². The highest BCUT2D eigenvalue weighted by atomic mass is 16.5. The lowest BCUT2D eigenvalue weighted by Gasteiger charge is -2.18. The van der Waals surface area contributed by atoms with Crippen LogP contribution in [0.25, 0.3) is 11.0 Å². The lowest BCUT2D eigenvalue weighted by Crippen LogP contribution is -2.32. The summed E-state index contributed by atoms with van der Waals surface area (Å²) in [6, 6.07) is 17.0. The summed E-state index contributed by atoms with van der Waals surface area (Å²) in [7, 11) is 1.60. The fourth-order valence-electron chi connectivity index (χ4n) is 2.72. The Balaban J connectivity index is 1.80. The first kappa shape index (κ1) is 18.4. The van der Waals surface area contributed by atoms with Crippen molar-refractivity contribution in [2.75, 3.05) is 13.6 Å². The normalized spacial score (nSPS) is 10.7. The Bertz CT molecular complexity index is 937. The molecule has 7 heteroatoms. The van der Waals surface area contributed by atoms with Crippen LogP contribution in [0.5, 0.6) is 5.75 Å². The Morgan fingerprint density at radius 2 is 1.81 bits per heavy atom. The Hall–Kier alpha value is -3.35. The number of rotatable bonds is 8. The molecule has 0 aliphatic carbocycles. The predicted molar refractivity (Wildman–Crippen MR) is 100 cm³/mol. The van der Waals surface area contributed by atoms with Gasteiger partial charge in [-0.1, -0.05) is 30.3 Å². The van der Waals surface area contributed by atoms with Crippen molar-refractivity contribution in [1.82, 2.24) is 14.5 Å². The summed E-state index contributed by atoms with van der Waals surface area (Å²) in [5, 5.41) is 8.79. The fraction of sp³-hybridized carbons (Fsp3) is 0.250. The van der Waals surface area contributed by atoms with Gasteiger partial charge in [-0.25, -0.2) is 4.98 Å². The number of amides is 1. The van der Waals surface area contributed by atoms with Gasteiger partial charge >= 0.3 is 5.97 Å². The van der Waals surface area contributed by atoms with E-state index >= 15 is 0 Å². The van der Waals surface area contributed by atoms with Gasteiger partial charge in [0.05, 0.1) is 17.5 Å². The molecular formula is C20H21N3O4. The van der Waals surface area contributed by atoms with Crippen molar-refractivity contribution in [2.45, 2.75) is 19.6 Å². The number of nitrogens with zero attached hydrogens (tertiary/aromatic N) is 3. The second-order valence-electron chi connectivity index (χ2n) is 6.16. The highest BCUT2D eigenvalue weighted by molar-refractivity contribution is 5.81. The van der Waals surface area contributed by atoms with Gasteiger partial charge in [0.25, 0.3) is 0 Å². The quantitative estimate of drug-likeness (QED) is 0.661. The van der Waals surface area contributed by atoms with Gasteiger partial charge in [0.1, 0.15) is 24.7 Å². The Labute approximate surface area is 156 Å². The summed E-state index contributed by atoms with van der Waals surface area (Å²) >= 11 is 0. The summed E-state index contributed by atoms with van der Waals surface area (Å²) in [4.78, 5) is 29.3. The number of carboxylic acid groups (broad SMARTS) is 1. The number of carbonyl (C=O) groups is 2. The standard InChI is InChI=1S/C20H21N3O4/c1-22(12-11-20(25)26)19(24)13-23-17-10-6-5-9-16(17)21-18(23)14-27-15-7-3-2-4-8-15/h2-10H,11-14H2,1H3,(H,25,26). The van der Waals surface area contributed by atoms with Crippen molar-refractivity contribution in [3.05, 3.63) is 60.4 Å². The van der Waals surface area contributed by atoms with Crippen molar-refractivity contribution < 1.29 is 19.4 Å². The van der Waals surface area contributed by atoms with E-state index in [9.17, 15) is 9.59 Å². The smallest absolute Gasteiger partial charge is 0.305 e. The van der Waals surface area contributed by atoms with Crippen LogP contribution in [0.1, 0.15) is 12.2 Å². The van der Waals surface area contributed by atoms with Crippen LogP contribution in [0.3, 0.4) is 0 Å². The maximum absolute atomic E-state index is 12.5. The third-order valence-electron chi connectivity index (χ3n) is 4.22. The number of imidazole rings is 1. The topological polar surface area (TPSA) is 84.7 Å². The second-order valence-corrected chi connectivity index (χ2v) is 6.16. The molecule has 2 aromatic carbocycles. The van der Waals surface area contributed by atoms with Crippen molar-refractivity contribution in [3.63, 3.8) is 0 Å². The number of carboxylic acids is 1. The molecule has 0 aliphatic rings. The number of benzene rings is 2. The summed E-state index contributed by atoms with van der Waals surface area (Å²) in [6.07, 6.45) is -0.0864. The molecule has 1 amide bonds. The van der Waals surface area contributed by atoms with E-state index in [0.717, 1.165) is 16.8 Å². The molecule has 3 aromatic rings. The Morgan fingerprint density at radius 1 is 1.11 bits per heavy atom. The SMILES string of the molecule is CN(CCC(=O)O)C(=O)Cn1c(COc2ccccc2)nc2ccccc21. The van der Waals surface area contributed by atoms with Crippen LogP contribution in [0.4, 0.5) is 0 Å². The van der Waals surface area contributed by atoms with Gasteiger partial charge in [0, 0.05) is 13.6 Å². The van der Waals surface area contributed by atoms with Gasteiger partial charge < -0.3 is 19.3 Å². The molecule has 1 N–H and O–H groups in total. The van der Waals surface area contributed by atoms with Gasteiger partial charge in [-0.3, -0.25) is 9.59 Å². The molecule has 7 nitrogen and oxygen atoms in total. The highest BCUT2D eigenvalue weighted by Crippen LogP contribution is 2.18. The number of aromatic nitrogens is 2. The van der Waals surface area contributed by atoms with Crippen LogP contribution in [-0.2, 0) is 22.7 Å². The van der Waals surface area contributed by atoms with Gasteiger partial charge in [0.15, 0.2) is 0 Å². The van der Waals surface area contributed by atoms with Crippen LogP contribution in [-0.4, -0.2) is 45.0 Å². The zero-order valence-electron chi connectivity index (χ0n) is 15.0. The molecule has 0 unspecified atom stereocenters. The minimum Gasteiger partial charge on any atom is -0.486 e. The molecule has 0 radical (unpaired) electrons. The highest BCUT2D eigenvalue weighted by Gasteiger charge is 2.17. The summed E-state index contributed by atoms with van der Waals surface area (Å²) in [5.41, 5.74) is 1.62. The van der Waals surface area contributed by atoms with Crippen LogP contribution < -0.4 is 4.74 Å². The first-order valence-corrected chi connectivity index (χ1v) is 8.62. The molecular weight excluding hydrogens is 346 g/mol. The fourth-order valence-corrected chi connectivity index (χ4v) is 2.72. The van der Waals surface area contributed by atoms with Gasteiger partial charge in [-0.05, 0) is 24.3 Å². The maximum atomic E-state index is 12.5. The molecule has 0 bridgehead atoms. The van der Waals surface area contributed by atoms with E-state index in [1.54, 1.807) is 7.05 Å². The van der Waals surface area contributed by atoms with Gasteiger partial charge in [-0.15, -0.1) is 0 Å². The van der Waals surface area contributed by atoms with E-state index < -0.39 is 5.97 Å². The number of fused-ring (bicyclic) bond motifs is 1. The molecule has 0 atom stereocenters. The molecule has 0 saturated carbocycles. The third kappa shape index (κ3) is 4.63. The van der Waals surface area contributed by atoms with E-state index in [4.69, 9.17) is 9.84 Å². The number of hydrogen-bond donors (Lipinski definition) is 1. The van der Waals surface area contributed by atoms with E-state index in [1.807, 2.05) is 59.2 Å². The zero-order chi connectivity index (χ0) is 19.2. The number of likely N-dealkylation sites (N-methyl/N-ethyl adjacent to an activating group) is 1. The molecule has 0 spiro atoms. The van der Waals surface area contributed by atoms with Crippen LogP contribution in [0.15, 0.2) is 54.6 Å². The molecule has 0 fully saturated rings. The van der Waals surface area contributed by atoms with Crippen LogP contribution in [0.2, 0.25) is 0 Å². The van der Waals surface area contributed by atoms with Gasteiger partial charge in [-0.2, -0.15) is 0 Å². The largest absolute Gasteiger partial charge is 0.486 e. The van der Waals surface area contributed by atoms with E-state index in [-0.39, 0.29) is 32.0 Å². The molecule has 140 valence electrons. The van der Waals surface area contributed by atoms with E-state index in [1.165, 1.54) is 4.90 Å². The van der Waals surface area contributed by atoms with Crippen LogP contribution >= 0.6 is 0 Å². The molecule has 0 saturated heterocycles. The number of para-hydroxylation sites is 3. The summed E-state index contributed by atoms with van der Waals surface area (Å²) in [5.74, 6) is 0.251. The van der Waals surface area contributed by atoms with Crippen molar-refractivity contribution in [2.24, 2.45) is 0 Å². The average molecular weight is 367 g/mol. The molecule has 27 heavy (non-hydrogen) atoms. The van der Waals surface area contributed by atoms with E-state index in [2.05, 4.69) is 4.98 Å². The molecule has 0 aliphatic heterocycles. The number of carbonyl (C=O) groups excluding carboxylic acids is 1. The van der Waals surface area contributed by atoms with E-state index in [0.29, 0.717) is 5.82 Å². The van der Waals surface area contributed by atoms with Crippen molar-refractivity contribution >= 4 is 22.9 Å². The molecule has 3 rings (SSSR count). The molecule has 1 aromatic heterocycles. The average Bonchev–Trinajstić information content (AvgIpc) is 3.02. The monoisotopic (exact) mass is 367 g/mol. The minimum absolute atomic E-state index is 0.0735. The van der Waals surface area contributed by atoms with Crippen molar-refractivity contribution in [3.8, 4) is 5.75 Å². The minimum atomic E-state index is -0.931. The number of aliphatic carboxylic acids is 1. The molecule has 1 heterocycles. The first-order valence-electron chi connectivity index (χ1n) is 8.62. The zero-order valence-corrected chi connectivity index (χ0v) is 15.0. The number of ether oxygens (including phenoxy) is 1. The predicted octanol–water partition coefficient (Wildman–Crippen LogP) is 2.55. The lowest BCUT2D eigenvalue weighted by molar-refractivity contribution is -0.138. The lowest BCUT2D eigenvalue weighted by atomic mass is 10.3. The Morgan fingerprint density at radius 3 is 2.56 bits per heavy atom. The van der Waals surface area contributed by atoms with Crippen molar-refractivity contribution in [1.29, 1.82) is 0 Å². The second kappa shape index (κ2) is 8.35. The first-order chi connectivity index (χ1) is 13.0. The third-order valence-corrected chi connectivity index (χ3v) is 4.22. The summed E-state index contributed by atoms with van der Waals surface area (Å²) < 4.78 is 7.61. The van der Waals surface area contributed by atoms with Crippen LogP contribution in [0, 0.1) is 0 Å².